The second-order valence-electron chi connectivity index (χ2n) is 6.51. The Morgan fingerprint density at radius 2 is 1.69 bits per heavy atom. The molecule has 2 aromatic rings. The number of halogens is 2. The summed E-state index contributed by atoms with van der Waals surface area (Å²) in [5.74, 6) is -2.36. The fourth-order valence-corrected chi connectivity index (χ4v) is 5.83. The molecule has 0 aliphatic carbocycles. The number of carbonyl (C=O) groups is 2. The summed E-state index contributed by atoms with van der Waals surface area (Å²) in [6, 6.07) is 8.83. The van der Waals surface area contributed by atoms with Gasteiger partial charge in [-0.25, -0.2) is 13.2 Å². The van der Waals surface area contributed by atoms with Crippen LogP contribution in [0.25, 0.3) is 0 Å². The molecule has 29 heavy (non-hydrogen) atoms. The van der Waals surface area contributed by atoms with Crippen molar-refractivity contribution in [2.24, 2.45) is 0 Å². The van der Waals surface area contributed by atoms with Crippen molar-refractivity contribution in [2.75, 3.05) is 13.7 Å². The molecule has 1 saturated heterocycles. The van der Waals surface area contributed by atoms with E-state index in [0.717, 1.165) is 4.31 Å². The third-order valence-electron chi connectivity index (χ3n) is 4.81. The normalized spacial score (nSPS) is 19.8. The topological polar surface area (TPSA) is 101 Å². The molecule has 3 rings (SSSR count). The van der Waals surface area contributed by atoms with E-state index in [1.807, 2.05) is 0 Å². The van der Waals surface area contributed by atoms with Crippen LogP contribution in [0.2, 0.25) is 10.0 Å². The van der Waals surface area contributed by atoms with Gasteiger partial charge < -0.3 is 9.84 Å². The van der Waals surface area contributed by atoms with Crippen molar-refractivity contribution in [3.8, 4) is 0 Å². The van der Waals surface area contributed by atoms with Gasteiger partial charge in [0.05, 0.1) is 17.6 Å². The summed E-state index contributed by atoms with van der Waals surface area (Å²) in [5.41, 5.74) is 0.936. The molecule has 154 valence electrons. The third kappa shape index (κ3) is 4.25. The third-order valence-corrected chi connectivity index (χ3v) is 7.10. The van der Waals surface area contributed by atoms with Crippen molar-refractivity contribution in [3.05, 3.63) is 63.6 Å². The number of rotatable bonds is 5. The fraction of sp³-hybridized carbons (Fsp3) is 0.263. The highest BCUT2D eigenvalue weighted by Crippen LogP contribution is 2.38. The second kappa shape index (κ2) is 8.31. The van der Waals surface area contributed by atoms with Crippen LogP contribution in [0.5, 0.6) is 0 Å². The van der Waals surface area contributed by atoms with E-state index in [4.69, 9.17) is 23.2 Å². The van der Waals surface area contributed by atoms with Crippen LogP contribution in [-0.2, 0) is 19.6 Å². The summed E-state index contributed by atoms with van der Waals surface area (Å²) >= 11 is 11.8. The Morgan fingerprint density at radius 1 is 1.10 bits per heavy atom. The van der Waals surface area contributed by atoms with Crippen molar-refractivity contribution in [1.82, 2.24) is 4.31 Å². The minimum Gasteiger partial charge on any atom is -0.480 e. The molecule has 0 aromatic heterocycles. The van der Waals surface area contributed by atoms with Gasteiger partial charge in [0, 0.05) is 22.5 Å². The highest BCUT2D eigenvalue weighted by atomic mass is 35.5. The fourth-order valence-electron chi connectivity index (χ4n) is 3.48. The van der Waals surface area contributed by atoms with Gasteiger partial charge in [-0.15, -0.1) is 0 Å². The van der Waals surface area contributed by atoms with Crippen LogP contribution in [-0.4, -0.2) is 49.5 Å². The van der Waals surface area contributed by atoms with E-state index in [2.05, 4.69) is 4.74 Å². The van der Waals surface area contributed by atoms with Crippen LogP contribution >= 0.6 is 23.2 Å². The lowest BCUT2D eigenvalue weighted by Crippen LogP contribution is -2.42. The molecule has 0 radical (unpaired) electrons. The summed E-state index contributed by atoms with van der Waals surface area (Å²) in [5, 5.41) is 10.1. The van der Waals surface area contributed by atoms with Crippen molar-refractivity contribution >= 4 is 45.2 Å². The molecule has 0 bridgehead atoms. The van der Waals surface area contributed by atoms with E-state index in [-0.39, 0.29) is 21.5 Å². The first-order valence-corrected chi connectivity index (χ1v) is 10.7. The Labute approximate surface area is 177 Å². The second-order valence-corrected chi connectivity index (χ2v) is 9.28. The Bertz CT molecular complexity index is 1030. The molecule has 0 spiro atoms. The Balaban J connectivity index is 1.96. The van der Waals surface area contributed by atoms with E-state index in [1.165, 1.54) is 37.4 Å². The maximum Gasteiger partial charge on any atom is 0.337 e. The largest absolute Gasteiger partial charge is 0.480 e. The first kappa shape index (κ1) is 21.6. The highest BCUT2D eigenvalue weighted by molar-refractivity contribution is 7.89. The standard InChI is InChI=1S/C19H17Cl2NO6S/c1-28-19(25)12-4-2-11(3-5-12)16-6-7-22(17(16)18(23)24)29(26,27)15-9-13(20)8-14(21)10-15/h2-5,8-10,16-17H,6-7H2,1H3,(H,23,24)/t16-,17-/m0/s1. The number of aliphatic carboxylic acids is 1. The molecule has 1 aliphatic rings. The van der Waals surface area contributed by atoms with Gasteiger partial charge in [0.1, 0.15) is 6.04 Å². The maximum atomic E-state index is 13.1. The van der Waals surface area contributed by atoms with Crippen LogP contribution in [0.3, 0.4) is 0 Å². The maximum absolute atomic E-state index is 13.1. The number of hydrogen-bond donors (Lipinski definition) is 1. The van der Waals surface area contributed by atoms with Crippen LogP contribution in [0.1, 0.15) is 28.3 Å². The van der Waals surface area contributed by atoms with E-state index in [9.17, 15) is 23.1 Å². The van der Waals surface area contributed by atoms with Crippen molar-refractivity contribution in [2.45, 2.75) is 23.3 Å². The number of benzene rings is 2. The molecule has 1 heterocycles. The highest BCUT2D eigenvalue weighted by Gasteiger charge is 2.46. The lowest BCUT2D eigenvalue weighted by molar-refractivity contribution is -0.141. The first-order chi connectivity index (χ1) is 13.6. The molecule has 7 nitrogen and oxygen atoms in total. The summed E-state index contributed by atoms with van der Waals surface area (Å²) in [7, 11) is -2.87. The predicted octanol–water partition coefficient (Wildman–Crippen LogP) is 3.41. The van der Waals surface area contributed by atoms with Gasteiger partial charge in [-0.2, -0.15) is 4.31 Å². The van der Waals surface area contributed by atoms with Crippen LogP contribution in [0.15, 0.2) is 47.4 Å². The van der Waals surface area contributed by atoms with Gasteiger partial charge in [-0.3, -0.25) is 4.79 Å². The van der Waals surface area contributed by atoms with Gasteiger partial charge >= 0.3 is 11.9 Å². The number of ether oxygens (including phenoxy) is 1. The summed E-state index contributed by atoms with van der Waals surface area (Å²) in [4.78, 5) is 23.4. The lowest BCUT2D eigenvalue weighted by Gasteiger charge is -2.24. The SMILES string of the molecule is COC(=O)c1ccc([C@@H]2CCN(S(=O)(=O)c3cc(Cl)cc(Cl)c3)[C@@H]2C(=O)O)cc1. The number of nitrogens with zero attached hydrogens (tertiary/aromatic N) is 1. The Kier molecular flexibility index (Phi) is 6.19. The summed E-state index contributed by atoms with van der Waals surface area (Å²) in [6.07, 6.45) is 0.308. The summed E-state index contributed by atoms with van der Waals surface area (Å²) in [6.45, 7) is 0.0207. The number of methoxy groups -OCH3 is 1. The van der Waals surface area contributed by atoms with Crippen LogP contribution < -0.4 is 0 Å². The zero-order valence-corrected chi connectivity index (χ0v) is 17.5. The van der Waals surface area contributed by atoms with Crippen molar-refractivity contribution < 1.29 is 27.9 Å². The van der Waals surface area contributed by atoms with Gasteiger partial charge in [0.15, 0.2) is 0 Å². The van der Waals surface area contributed by atoms with Gasteiger partial charge in [-0.1, -0.05) is 35.3 Å². The predicted molar refractivity (Wildman–Crippen MR) is 107 cm³/mol. The number of carboxylic acid groups (broad SMARTS) is 1. The van der Waals surface area contributed by atoms with E-state index in [0.29, 0.717) is 17.5 Å². The molecule has 2 atom stereocenters. The Morgan fingerprint density at radius 3 is 2.21 bits per heavy atom. The minimum absolute atomic E-state index is 0.0207. The molecule has 10 heteroatoms. The molecule has 0 unspecified atom stereocenters. The Hall–Kier alpha value is -2.13. The van der Waals surface area contributed by atoms with Crippen LogP contribution in [0.4, 0.5) is 0 Å². The van der Waals surface area contributed by atoms with E-state index in [1.54, 1.807) is 12.1 Å². The minimum atomic E-state index is -4.13. The molecule has 2 aromatic carbocycles. The molecule has 0 saturated carbocycles. The lowest BCUT2D eigenvalue weighted by atomic mass is 9.91. The molecule has 1 aliphatic heterocycles. The smallest absolute Gasteiger partial charge is 0.337 e. The van der Waals surface area contributed by atoms with Crippen molar-refractivity contribution in [1.29, 1.82) is 0 Å². The molecule has 0 amide bonds. The first-order valence-electron chi connectivity index (χ1n) is 8.54. The van der Waals surface area contributed by atoms with Gasteiger partial charge in [-0.05, 0) is 42.3 Å². The average Bonchev–Trinajstić information content (AvgIpc) is 3.13. The van der Waals surface area contributed by atoms with Gasteiger partial charge in [0.2, 0.25) is 10.0 Å². The summed E-state index contributed by atoms with van der Waals surface area (Å²) < 4.78 is 31.8. The molecular formula is C19H17Cl2NO6S. The molecular weight excluding hydrogens is 441 g/mol. The van der Waals surface area contributed by atoms with E-state index >= 15 is 0 Å². The van der Waals surface area contributed by atoms with Crippen molar-refractivity contribution in [3.63, 3.8) is 0 Å². The molecule has 1 N–H and O–H groups in total. The zero-order chi connectivity index (χ0) is 21.3. The number of hydrogen-bond acceptors (Lipinski definition) is 5. The average molecular weight is 458 g/mol. The van der Waals surface area contributed by atoms with Crippen LogP contribution in [0, 0.1) is 0 Å². The monoisotopic (exact) mass is 457 g/mol. The number of carbonyl (C=O) groups excluding carboxylic acids is 1. The number of sulfonamides is 1. The number of esters is 1. The quantitative estimate of drug-likeness (QED) is 0.690. The van der Waals surface area contributed by atoms with Gasteiger partial charge in [0.25, 0.3) is 0 Å². The molecule has 1 fully saturated rings. The zero-order valence-electron chi connectivity index (χ0n) is 15.2. The number of carboxylic acids is 1. The van der Waals surface area contributed by atoms with E-state index < -0.39 is 33.9 Å².